The van der Waals surface area contributed by atoms with Gasteiger partial charge >= 0.3 is 5.97 Å². The minimum Gasteiger partial charge on any atom is -0.479 e. The summed E-state index contributed by atoms with van der Waals surface area (Å²) in [5.41, 5.74) is 0. The van der Waals surface area contributed by atoms with Crippen LogP contribution in [0.1, 0.15) is 12.7 Å². The van der Waals surface area contributed by atoms with Crippen LogP contribution in [-0.2, 0) is 20.9 Å². The maximum absolute atomic E-state index is 13.3. The van der Waals surface area contributed by atoms with Gasteiger partial charge in [-0.1, -0.05) is 12.1 Å². The Morgan fingerprint density at radius 1 is 1.26 bits per heavy atom. The Hall–Kier alpha value is -2.83. The third-order valence-electron chi connectivity index (χ3n) is 2.88. The highest BCUT2D eigenvalue weighted by molar-refractivity contribution is 5.83. The molecular formula is C16H16FNO5. The first-order chi connectivity index (χ1) is 11.1. The second-order valence-corrected chi connectivity index (χ2v) is 4.65. The molecule has 7 heteroatoms. The second-order valence-electron chi connectivity index (χ2n) is 4.65. The average Bonchev–Trinajstić information content (AvgIpc) is 3.05. The van der Waals surface area contributed by atoms with Crippen molar-refractivity contribution in [2.75, 3.05) is 6.61 Å². The number of ether oxygens (including phenoxy) is 2. The lowest BCUT2D eigenvalue weighted by Crippen LogP contribution is -2.36. The molecule has 0 aliphatic carbocycles. The second kappa shape index (κ2) is 7.98. The molecule has 2 aromatic rings. The molecule has 2 rings (SSSR count). The summed E-state index contributed by atoms with van der Waals surface area (Å²) in [5.74, 6) is -1.29. The van der Waals surface area contributed by atoms with E-state index in [1.807, 2.05) is 0 Å². The fraction of sp³-hybridized carbons (Fsp3) is 0.250. The predicted octanol–water partition coefficient (Wildman–Crippen LogP) is 2.05. The molecule has 0 aliphatic heterocycles. The lowest BCUT2D eigenvalue weighted by molar-refractivity contribution is -0.156. The van der Waals surface area contributed by atoms with Crippen LogP contribution in [0.4, 0.5) is 4.39 Å². The quantitative estimate of drug-likeness (QED) is 0.790. The van der Waals surface area contributed by atoms with E-state index in [1.54, 1.807) is 18.2 Å². The van der Waals surface area contributed by atoms with Crippen LogP contribution in [0.5, 0.6) is 5.75 Å². The van der Waals surface area contributed by atoms with Crippen LogP contribution in [0, 0.1) is 5.82 Å². The summed E-state index contributed by atoms with van der Waals surface area (Å²) in [6.45, 7) is 1.13. The standard InChI is InChI=1S/C16H16FNO5/c1-11(16(20)18-9-12-5-4-8-21-12)23-15(19)10-22-14-7-3-2-6-13(14)17/h2-8,11H,9-10H2,1H3,(H,18,20)/t11-/m0/s1. The van der Waals surface area contributed by atoms with Crippen molar-refractivity contribution in [3.05, 3.63) is 54.2 Å². The number of carbonyl (C=O) groups is 2. The molecule has 1 atom stereocenters. The summed E-state index contributed by atoms with van der Waals surface area (Å²) < 4.78 is 28.3. The van der Waals surface area contributed by atoms with Crippen molar-refractivity contribution in [1.29, 1.82) is 0 Å². The van der Waals surface area contributed by atoms with Gasteiger partial charge in [-0.25, -0.2) is 9.18 Å². The molecule has 0 spiro atoms. The number of carbonyl (C=O) groups excluding carboxylic acids is 2. The van der Waals surface area contributed by atoms with Gasteiger partial charge in [-0.15, -0.1) is 0 Å². The Kier molecular flexibility index (Phi) is 5.74. The van der Waals surface area contributed by atoms with Gasteiger partial charge in [0.15, 0.2) is 24.3 Å². The first-order valence-corrected chi connectivity index (χ1v) is 6.93. The maximum Gasteiger partial charge on any atom is 0.344 e. The van der Waals surface area contributed by atoms with E-state index in [-0.39, 0.29) is 12.3 Å². The Labute approximate surface area is 132 Å². The van der Waals surface area contributed by atoms with E-state index in [2.05, 4.69) is 5.32 Å². The number of hydrogen-bond acceptors (Lipinski definition) is 5. The van der Waals surface area contributed by atoms with Crippen LogP contribution < -0.4 is 10.1 Å². The van der Waals surface area contributed by atoms with E-state index in [1.165, 1.54) is 31.4 Å². The third-order valence-corrected chi connectivity index (χ3v) is 2.88. The zero-order chi connectivity index (χ0) is 16.7. The highest BCUT2D eigenvalue weighted by atomic mass is 19.1. The normalized spacial score (nSPS) is 11.6. The van der Waals surface area contributed by atoms with Crippen molar-refractivity contribution in [3.8, 4) is 5.75 Å². The average molecular weight is 321 g/mol. The SMILES string of the molecule is C[C@H](OC(=O)COc1ccccc1F)C(=O)NCc1ccco1. The van der Waals surface area contributed by atoms with E-state index in [0.29, 0.717) is 5.76 Å². The number of benzene rings is 1. The summed E-state index contributed by atoms with van der Waals surface area (Å²) in [6, 6.07) is 9.10. The van der Waals surface area contributed by atoms with Crippen LogP contribution in [-0.4, -0.2) is 24.6 Å². The molecule has 0 fully saturated rings. The van der Waals surface area contributed by atoms with E-state index in [9.17, 15) is 14.0 Å². The molecular weight excluding hydrogens is 305 g/mol. The Morgan fingerprint density at radius 2 is 2.04 bits per heavy atom. The van der Waals surface area contributed by atoms with Gasteiger partial charge in [0.2, 0.25) is 0 Å². The first-order valence-electron chi connectivity index (χ1n) is 6.93. The first kappa shape index (κ1) is 16.5. The van der Waals surface area contributed by atoms with E-state index >= 15 is 0 Å². The van der Waals surface area contributed by atoms with Crippen LogP contribution in [0.25, 0.3) is 0 Å². The minimum absolute atomic E-state index is 0.0561. The molecule has 0 aliphatic rings. The largest absolute Gasteiger partial charge is 0.479 e. The molecule has 1 aromatic carbocycles. The molecule has 0 radical (unpaired) electrons. The molecule has 1 heterocycles. The number of hydrogen-bond donors (Lipinski definition) is 1. The van der Waals surface area contributed by atoms with Gasteiger partial charge < -0.3 is 19.2 Å². The molecule has 122 valence electrons. The fourth-order valence-corrected chi connectivity index (χ4v) is 1.71. The number of halogens is 1. The van der Waals surface area contributed by atoms with Gasteiger partial charge in [0.05, 0.1) is 12.8 Å². The number of furan rings is 1. The molecule has 0 unspecified atom stereocenters. The molecule has 0 saturated heterocycles. The topological polar surface area (TPSA) is 77.8 Å². The number of esters is 1. The Morgan fingerprint density at radius 3 is 2.74 bits per heavy atom. The van der Waals surface area contributed by atoms with Gasteiger partial charge in [0, 0.05) is 0 Å². The van der Waals surface area contributed by atoms with Crippen molar-refractivity contribution in [2.24, 2.45) is 0 Å². The lowest BCUT2D eigenvalue weighted by atomic mass is 10.3. The van der Waals surface area contributed by atoms with Crippen molar-refractivity contribution < 1.29 is 27.9 Å². The summed E-state index contributed by atoms with van der Waals surface area (Å²) in [6.07, 6.45) is 0.493. The predicted molar refractivity (Wildman–Crippen MR) is 78.0 cm³/mol. The van der Waals surface area contributed by atoms with Gasteiger partial charge in [0.25, 0.3) is 5.91 Å². The van der Waals surface area contributed by atoms with Crippen molar-refractivity contribution in [2.45, 2.75) is 19.6 Å². The summed E-state index contributed by atoms with van der Waals surface area (Å²) in [7, 11) is 0. The van der Waals surface area contributed by atoms with Gasteiger partial charge in [-0.3, -0.25) is 4.79 Å². The highest BCUT2D eigenvalue weighted by Crippen LogP contribution is 2.15. The van der Waals surface area contributed by atoms with E-state index in [4.69, 9.17) is 13.9 Å². The van der Waals surface area contributed by atoms with Gasteiger partial charge in [0.1, 0.15) is 5.76 Å². The maximum atomic E-state index is 13.3. The molecule has 0 bridgehead atoms. The number of nitrogens with one attached hydrogen (secondary N) is 1. The minimum atomic E-state index is -0.998. The van der Waals surface area contributed by atoms with Crippen molar-refractivity contribution >= 4 is 11.9 Å². The van der Waals surface area contributed by atoms with Crippen LogP contribution in [0.2, 0.25) is 0 Å². The fourth-order valence-electron chi connectivity index (χ4n) is 1.71. The number of para-hydroxylation sites is 1. The summed E-state index contributed by atoms with van der Waals surface area (Å²) >= 11 is 0. The van der Waals surface area contributed by atoms with Crippen LogP contribution in [0.3, 0.4) is 0 Å². The van der Waals surface area contributed by atoms with Crippen LogP contribution in [0.15, 0.2) is 47.1 Å². The number of amides is 1. The Balaban J connectivity index is 1.73. The molecule has 0 saturated carbocycles. The monoisotopic (exact) mass is 321 g/mol. The lowest BCUT2D eigenvalue weighted by Gasteiger charge is -2.13. The van der Waals surface area contributed by atoms with Crippen LogP contribution >= 0.6 is 0 Å². The molecule has 1 amide bonds. The summed E-state index contributed by atoms with van der Waals surface area (Å²) in [4.78, 5) is 23.4. The molecule has 6 nitrogen and oxygen atoms in total. The molecule has 23 heavy (non-hydrogen) atoms. The molecule has 1 N–H and O–H groups in total. The summed E-state index contributed by atoms with van der Waals surface area (Å²) in [5, 5.41) is 2.56. The van der Waals surface area contributed by atoms with Crippen molar-refractivity contribution in [3.63, 3.8) is 0 Å². The van der Waals surface area contributed by atoms with E-state index in [0.717, 1.165) is 0 Å². The van der Waals surface area contributed by atoms with Gasteiger partial charge in [-0.05, 0) is 31.2 Å². The smallest absolute Gasteiger partial charge is 0.344 e. The zero-order valence-electron chi connectivity index (χ0n) is 12.5. The zero-order valence-corrected chi connectivity index (χ0v) is 12.5. The van der Waals surface area contributed by atoms with Crippen molar-refractivity contribution in [1.82, 2.24) is 5.32 Å². The number of rotatable bonds is 7. The third kappa shape index (κ3) is 5.14. The van der Waals surface area contributed by atoms with E-state index < -0.39 is 30.4 Å². The molecule has 1 aromatic heterocycles. The highest BCUT2D eigenvalue weighted by Gasteiger charge is 2.18. The van der Waals surface area contributed by atoms with Gasteiger partial charge in [-0.2, -0.15) is 0 Å². The Bertz CT molecular complexity index is 656.